The molecule has 0 aliphatic heterocycles. The molecule has 2 rings (SSSR count). The number of benzene rings is 1. The number of ether oxygens (including phenoxy) is 1. The van der Waals surface area contributed by atoms with E-state index in [1.54, 1.807) is 0 Å². The van der Waals surface area contributed by atoms with Crippen molar-refractivity contribution in [3.05, 3.63) is 59.4 Å². The van der Waals surface area contributed by atoms with Gasteiger partial charge in [-0.3, -0.25) is 9.59 Å². The molecule has 2 aromatic rings. The summed E-state index contributed by atoms with van der Waals surface area (Å²) in [6, 6.07) is 11.4. The predicted molar refractivity (Wildman–Crippen MR) is 98.2 cm³/mol. The molecule has 1 amide bonds. The fourth-order valence-corrected chi connectivity index (χ4v) is 2.58. The van der Waals surface area contributed by atoms with Crippen molar-refractivity contribution in [2.24, 2.45) is 0 Å². The van der Waals surface area contributed by atoms with Crippen LogP contribution in [0.1, 0.15) is 59.5 Å². The minimum atomic E-state index is -0.931. The number of hydrogen-bond donors (Lipinski definition) is 2. The number of nitrogens with one attached hydrogen (secondary N) is 2. The van der Waals surface area contributed by atoms with Crippen LogP contribution in [0.5, 0.6) is 0 Å². The summed E-state index contributed by atoms with van der Waals surface area (Å²) in [5.74, 6) is -0.983. The first kappa shape index (κ1) is 19.4. The highest BCUT2D eigenvalue weighted by Crippen LogP contribution is 2.18. The van der Waals surface area contributed by atoms with Crippen molar-refractivity contribution in [1.82, 2.24) is 10.3 Å². The van der Waals surface area contributed by atoms with Crippen LogP contribution in [-0.2, 0) is 9.53 Å². The monoisotopic (exact) mass is 356 g/mol. The van der Waals surface area contributed by atoms with Crippen LogP contribution in [0.25, 0.3) is 0 Å². The van der Waals surface area contributed by atoms with E-state index in [2.05, 4.69) is 17.2 Å². The van der Waals surface area contributed by atoms with Gasteiger partial charge in [0.1, 0.15) is 5.69 Å². The number of H-pyrrole nitrogens is 1. The van der Waals surface area contributed by atoms with Gasteiger partial charge in [0.15, 0.2) is 11.9 Å². The number of carbonyl (C=O) groups is 3. The highest BCUT2D eigenvalue weighted by molar-refractivity contribution is 5.98. The van der Waals surface area contributed by atoms with E-state index in [1.807, 2.05) is 30.3 Å². The average molecular weight is 356 g/mol. The first-order valence-electron chi connectivity index (χ1n) is 8.65. The molecule has 0 bridgehead atoms. The predicted octanol–water partition coefficient (Wildman–Crippen LogP) is 3.07. The second-order valence-electron chi connectivity index (χ2n) is 6.17. The zero-order valence-electron chi connectivity index (χ0n) is 15.2. The van der Waals surface area contributed by atoms with Gasteiger partial charge in [0.25, 0.3) is 5.91 Å². The molecule has 2 N–H and O–H groups in total. The molecule has 2 atom stereocenters. The Kier molecular flexibility index (Phi) is 6.72. The number of rotatable bonds is 8. The lowest BCUT2D eigenvalue weighted by Crippen LogP contribution is -2.38. The molecule has 0 radical (unpaired) electrons. The van der Waals surface area contributed by atoms with Gasteiger partial charge in [-0.1, -0.05) is 37.3 Å². The molecular formula is C20H24N2O4. The molecule has 138 valence electrons. The van der Waals surface area contributed by atoms with Crippen LogP contribution in [0.2, 0.25) is 0 Å². The van der Waals surface area contributed by atoms with Gasteiger partial charge in [0.2, 0.25) is 0 Å². The van der Waals surface area contributed by atoms with Crippen molar-refractivity contribution in [2.45, 2.75) is 39.2 Å². The number of aromatic amines is 1. The van der Waals surface area contributed by atoms with Gasteiger partial charge in [0, 0.05) is 24.2 Å². The second kappa shape index (κ2) is 8.99. The molecule has 0 aliphatic rings. The minimum absolute atomic E-state index is 0.144. The van der Waals surface area contributed by atoms with Crippen LogP contribution in [0, 0.1) is 0 Å². The number of aromatic nitrogens is 1. The Morgan fingerprint density at radius 2 is 1.88 bits per heavy atom. The van der Waals surface area contributed by atoms with Crippen LogP contribution in [0.4, 0.5) is 0 Å². The lowest BCUT2D eigenvalue weighted by atomic mass is 9.96. The summed E-state index contributed by atoms with van der Waals surface area (Å²) < 4.78 is 5.17. The Morgan fingerprint density at radius 1 is 1.19 bits per heavy atom. The van der Waals surface area contributed by atoms with E-state index in [-0.39, 0.29) is 23.3 Å². The maximum Gasteiger partial charge on any atom is 0.355 e. The quantitative estimate of drug-likeness (QED) is 0.562. The van der Waals surface area contributed by atoms with Crippen molar-refractivity contribution < 1.29 is 19.1 Å². The van der Waals surface area contributed by atoms with E-state index in [0.717, 1.165) is 12.0 Å². The highest BCUT2D eigenvalue weighted by Gasteiger charge is 2.21. The summed E-state index contributed by atoms with van der Waals surface area (Å²) in [5, 5.41) is 2.83. The zero-order valence-corrected chi connectivity index (χ0v) is 15.2. The summed E-state index contributed by atoms with van der Waals surface area (Å²) in [6.45, 7) is 5.46. The Hall–Kier alpha value is -2.89. The largest absolute Gasteiger partial charge is 0.448 e. The summed E-state index contributed by atoms with van der Waals surface area (Å²) in [6.07, 6.45) is 1.39. The molecule has 6 nitrogen and oxygen atoms in total. The SMILES string of the molecule is CC[C@@H](CNC(=O)[C@H](C)OC(=O)c1cc(C(C)=O)c[nH]1)c1ccccc1. The molecule has 6 heteroatoms. The molecule has 0 spiro atoms. The molecule has 0 saturated heterocycles. The topological polar surface area (TPSA) is 88.3 Å². The van der Waals surface area contributed by atoms with Gasteiger partial charge in [-0.2, -0.15) is 0 Å². The van der Waals surface area contributed by atoms with Crippen LogP contribution < -0.4 is 5.32 Å². The average Bonchev–Trinajstić information content (AvgIpc) is 3.13. The Labute approximate surface area is 152 Å². The minimum Gasteiger partial charge on any atom is -0.448 e. The zero-order chi connectivity index (χ0) is 19.1. The van der Waals surface area contributed by atoms with Crippen LogP contribution in [0.15, 0.2) is 42.6 Å². The van der Waals surface area contributed by atoms with Crippen LogP contribution in [0.3, 0.4) is 0 Å². The van der Waals surface area contributed by atoms with Crippen LogP contribution in [-0.4, -0.2) is 35.3 Å². The maximum atomic E-state index is 12.2. The number of carbonyl (C=O) groups excluding carboxylic acids is 3. The normalized spacial score (nSPS) is 12.9. The molecule has 26 heavy (non-hydrogen) atoms. The van der Waals surface area contributed by atoms with Crippen molar-refractivity contribution >= 4 is 17.7 Å². The molecule has 1 aromatic heterocycles. The summed E-state index contributed by atoms with van der Waals surface area (Å²) in [7, 11) is 0. The first-order chi connectivity index (χ1) is 12.4. The van der Waals surface area contributed by atoms with E-state index < -0.39 is 12.1 Å². The first-order valence-corrected chi connectivity index (χ1v) is 8.65. The molecule has 0 unspecified atom stereocenters. The Balaban J connectivity index is 1.88. The summed E-state index contributed by atoms with van der Waals surface area (Å²) >= 11 is 0. The van der Waals surface area contributed by atoms with Crippen LogP contribution >= 0.6 is 0 Å². The molecule has 0 aliphatic carbocycles. The molecule has 1 aromatic carbocycles. The van der Waals surface area contributed by atoms with Gasteiger partial charge in [-0.15, -0.1) is 0 Å². The van der Waals surface area contributed by atoms with Gasteiger partial charge in [-0.05, 0) is 31.9 Å². The van der Waals surface area contributed by atoms with Crippen molar-refractivity contribution in [1.29, 1.82) is 0 Å². The molecule has 1 heterocycles. The van der Waals surface area contributed by atoms with Gasteiger partial charge in [-0.25, -0.2) is 4.79 Å². The van der Waals surface area contributed by atoms with E-state index in [1.165, 1.54) is 26.1 Å². The fraction of sp³-hybridized carbons (Fsp3) is 0.350. The van der Waals surface area contributed by atoms with E-state index in [4.69, 9.17) is 4.74 Å². The smallest absolute Gasteiger partial charge is 0.355 e. The van der Waals surface area contributed by atoms with Crippen molar-refractivity contribution in [2.75, 3.05) is 6.54 Å². The van der Waals surface area contributed by atoms with E-state index in [9.17, 15) is 14.4 Å². The Morgan fingerprint density at radius 3 is 2.46 bits per heavy atom. The lowest BCUT2D eigenvalue weighted by molar-refractivity contribution is -0.129. The van der Waals surface area contributed by atoms with Gasteiger partial charge < -0.3 is 15.0 Å². The van der Waals surface area contributed by atoms with Gasteiger partial charge >= 0.3 is 5.97 Å². The second-order valence-corrected chi connectivity index (χ2v) is 6.17. The maximum absolute atomic E-state index is 12.2. The fourth-order valence-electron chi connectivity index (χ4n) is 2.58. The number of amides is 1. The van der Waals surface area contributed by atoms with Crippen molar-refractivity contribution in [3.8, 4) is 0 Å². The third-order valence-electron chi connectivity index (χ3n) is 4.25. The number of ketones is 1. The third kappa shape index (κ3) is 5.05. The molecular weight excluding hydrogens is 332 g/mol. The summed E-state index contributed by atoms with van der Waals surface area (Å²) in [4.78, 5) is 38.2. The van der Waals surface area contributed by atoms with E-state index in [0.29, 0.717) is 12.1 Å². The Bertz CT molecular complexity index is 767. The van der Waals surface area contributed by atoms with Gasteiger partial charge in [0.05, 0.1) is 0 Å². The number of Topliss-reactive ketones (excluding diaryl/α,β-unsaturated/α-hetero) is 1. The molecule has 0 saturated carbocycles. The standard InChI is InChI=1S/C20H24N2O4/c1-4-15(16-8-6-5-7-9-16)11-22-19(24)14(3)26-20(25)18-10-17(12-21-18)13(2)23/h5-10,12,14-15,21H,4,11H2,1-3H3,(H,22,24)/t14-,15-/m0/s1. The molecule has 0 fully saturated rings. The van der Waals surface area contributed by atoms with E-state index >= 15 is 0 Å². The number of hydrogen-bond acceptors (Lipinski definition) is 4. The summed E-state index contributed by atoms with van der Waals surface area (Å²) in [5.41, 5.74) is 1.69. The highest BCUT2D eigenvalue weighted by atomic mass is 16.5. The number of esters is 1. The van der Waals surface area contributed by atoms with Crippen molar-refractivity contribution in [3.63, 3.8) is 0 Å². The third-order valence-corrected chi connectivity index (χ3v) is 4.25. The lowest BCUT2D eigenvalue weighted by Gasteiger charge is -2.18.